The first-order valence-corrected chi connectivity index (χ1v) is 7.80. The minimum Gasteiger partial charge on any atom is -0.478 e. The van der Waals surface area contributed by atoms with Gasteiger partial charge >= 0.3 is 5.97 Å². The van der Waals surface area contributed by atoms with E-state index in [2.05, 4.69) is 9.88 Å². The molecule has 0 amide bonds. The summed E-state index contributed by atoms with van der Waals surface area (Å²) in [5.74, 6) is -0.374. The first-order chi connectivity index (χ1) is 10.6. The maximum absolute atomic E-state index is 11.3. The second-order valence-electron chi connectivity index (χ2n) is 5.71. The van der Waals surface area contributed by atoms with E-state index < -0.39 is 5.97 Å². The van der Waals surface area contributed by atoms with E-state index in [1.807, 2.05) is 18.9 Å². The maximum Gasteiger partial charge on any atom is 0.339 e. The van der Waals surface area contributed by atoms with Crippen molar-refractivity contribution in [1.29, 1.82) is 0 Å². The van der Waals surface area contributed by atoms with Gasteiger partial charge in [-0.25, -0.2) is 9.78 Å². The average molecular weight is 307 g/mol. The van der Waals surface area contributed by atoms with Gasteiger partial charge in [-0.1, -0.05) is 0 Å². The lowest BCUT2D eigenvalue weighted by Crippen LogP contribution is -2.37. The molecule has 0 aliphatic carbocycles. The molecule has 1 aromatic rings. The van der Waals surface area contributed by atoms with Crippen LogP contribution in [-0.4, -0.2) is 67.4 Å². The number of rotatable bonds is 7. The number of aromatic carboxylic acids is 1. The van der Waals surface area contributed by atoms with Gasteiger partial charge in [0.25, 0.3) is 0 Å². The van der Waals surface area contributed by atoms with Gasteiger partial charge in [0, 0.05) is 32.4 Å². The van der Waals surface area contributed by atoms with E-state index in [1.165, 1.54) is 0 Å². The summed E-state index contributed by atoms with van der Waals surface area (Å²) in [5.41, 5.74) is 1.10. The molecule has 0 saturated carbocycles. The summed E-state index contributed by atoms with van der Waals surface area (Å²) >= 11 is 0. The standard InChI is InChI=1S/C16H25N3O3/c1-13-5-6-14(16(20)21)15(17-13)18(2)7-3-4-8-19-9-11-22-12-10-19/h5-6H,3-4,7-12H2,1-2H3,(H,20,21). The molecule has 0 atom stereocenters. The van der Waals surface area contributed by atoms with Crippen molar-refractivity contribution >= 4 is 11.8 Å². The summed E-state index contributed by atoms with van der Waals surface area (Å²) in [6.45, 7) is 7.44. The molecule has 0 radical (unpaired) electrons. The second kappa shape index (κ2) is 8.10. The predicted molar refractivity (Wildman–Crippen MR) is 85.7 cm³/mol. The van der Waals surface area contributed by atoms with Gasteiger partial charge in [0.15, 0.2) is 0 Å². The molecule has 6 heteroatoms. The lowest BCUT2D eigenvalue weighted by atomic mass is 10.2. The van der Waals surface area contributed by atoms with Crippen LogP contribution in [0.1, 0.15) is 28.9 Å². The first kappa shape index (κ1) is 16.7. The molecule has 0 unspecified atom stereocenters. The smallest absolute Gasteiger partial charge is 0.339 e. The second-order valence-corrected chi connectivity index (χ2v) is 5.71. The van der Waals surface area contributed by atoms with E-state index in [0.717, 1.165) is 57.9 Å². The van der Waals surface area contributed by atoms with Crippen LogP contribution in [0.25, 0.3) is 0 Å². The predicted octanol–water partition coefficient (Wildman–Crippen LogP) is 1.64. The Bertz CT molecular complexity index is 501. The van der Waals surface area contributed by atoms with Crippen molar-refractivity contribution in [3.63, 3.8) is 0 Å². The van der Waals surface area contributed by atoms with Crippen molar-refractivity contribution < 1.29 is 14.6 Å². The Hall–Kier alpha value is -1.66. The van der Waals surface area contributed by atoms with Crippen LogP contribution in [0.3, 0.4) is 0 Å². The Morgan fingerprint density at radius 1 is 1.36 bits per heavy atom. The van der Waals surface area contributed by atoms with E-state index in [0.29, 0.717) is 5.82 Å². The van der Waals surface area contributed by atoms with Crippen LogP contribution in [0.5, 0.6) is 0 Å². The van der Waals surface area contributed by atoms with Crippen molar-refractivity contribution in [2.24, 2.45) is 0 Å². The van der Waals surface area contributed by atoms with Gasteiger partial charge in [0.2, 0.25) is 0 Å². The quantitative estimate of drug-likeness (QED) is 0.773. The van der Waals surface area contributed by atoms with Crippen molar-refractivity contribution in [3.05, 3.63) is 23.4 Å². The third-order valence-corrected chi connectivity index (χ3v) is 3.93. The Balaban J connectivity index is 1.82. The molecule has 1 aliphatic heterocycles. The molecule has 6 nitrogen and oxygen atoms in total. The summed E-state index contributed by atoms with van der Waals surface area (Å²) < 4.78 is 5.34. The Labute approximate surface area is 131 Å². The molecule has 0 spiro atoms. The van der Waals surface area contributed by atoms with Gasteiger partial charge in [-0.2, -0.15) is 0 Å². The molecule has 1 fully saturated rings. The number of unbranched alkanes of at least 4 members (excludes halogenated alkanes) is 1. The van der Waals surface area contributed by atoms with Gasteiger partial charge in [-0.05, 0) is 38.4 Å². The van der Waals surface area contributed by atoms with E-state index >= 15 is 0 Å². The minimum absolute atomic E-state index is 0.265. The van der Waals surface area contributed by atoms with E-state index in [1.54, 1.807) is 12.1 Å². The number of carbonyl (C=O) groups is 1. The van der Waals surface area contributed by atoms with Crippen molar-refractivity contribution in [2.75, 3.05) is 51.3 Å². The topological polar surface area (TPSA) is 65.9 Å². The van der Waals surface area contributed by atoms with Crippen LogP contribution in [0.15, 0.2) is 12.1 Å². The molecule has 1 N–H and O–H groups in total. The number of nitrogens with zero attached hydrogens (tertiary/aromatic N) is 3. The largest absolute Gasteiger partial charge is 0.478 e. The van der Waals surface area contributed by atoms with E-state index in [9.17, 15) is 9.90 Å². The van der Waals surface area contributed by atoms with Gasteiger partial charge in [-0.3, -0.25) is 4.90 Å². The van der Waals surface area contributed by atoms with Crippen LogP contribution < -0.4 is 4.90 Å². The third kappa shape index (κ3) is 4.68. The summed E-state index contributed by atoms with van der Waals surface area (Å²) in [7, 11) is 1.91. The van der Waals surface area contributed by atoms with E-state index in [-0.39, 0.29) is 5.56 Å². The van der Waals surface area contributed by atoms with Crippen LogP contribution >= 0.6 is 0 Å². The normalized spacial score (nSPS) is 15.7. The molecular weight excluding hydrogens is 282 g/mol. The summed E-state index contributed by atoms with van der Waals surface area (Å²) in [4.78, 5) is 20.0. The van der Waals surface area contributed by atoms with Crippen LogP contribution in [-0.2, 0) is 4.74 Å². The van der Waals surface area contributed by atoms with Crippen molar-refractivity contribution in [1.82, 2.24) is 9.88 Å². The molecule has 1 aliphatic rings. The number of aromatic nitrogens is 1. The lowest BCUT2D eigenvalue weighted by molar-refractivity contribution is 0.0372. The fourth-order valence-electron chi connectivity index (χ4n) is 2.62. The molecule has 22 heavy (non-hydrogen) atoms. The zero-order valence-electron chi connectivity index (χ0n) is 13.4. The molecule has 1 aromatic heterocycles. The lowest BCUT2D eigenvalue weighted by Gasteiger charge is -2.27. The zero-order valence-corrected chi connectivity index (χ0v) is 13.4. The van der Waals surface area contributed by atoms with Crippen molar-refractivity contribution in [3.8, 4) is 0 Å². The highest BCUT2D eigenvalue weighted by Crippen LogP contribution is 2.18. The van der Waals surface area contributed by atoms with Crippen LogP contribution in [0, 0.1) is 6.92 Å². The number of hydrogen-bond donors (Lipinski definition) is 1. The summed E-state index contributed by atoms with van der Waals surface area (Å²) in [6.07, 6.45) is 2.11. The average Bonchev–Trinajstić information content (AvgIpc) is 2.52. The first-order valence-electron chi connectivity index (χ1n) is 7.80. The van der Waals surface area contributed by atoms with Gasteiger partial charge < -0.3 is 14.7 Å². The number of pyridine rings is 1. The number of morpholine rings is 1. The third-order valence-electron chi connectivity index (χ3n) is 3.93. The minimum atomic E-state index is -0.928. The Kier molecular flexibility index (Phi) is 6.15. The molecular formula is C16H25N3O3. The molecule has 1 saturated heterocycles. The number of carboxylic acid groups (broad SMARTS) is 1. The highest BCUT2D eigenvalue weighted by Gasteiger charge is 2.15. The number of ether oxygens (including phenoxy) is 1. The van der Waals surface area contributed by atoms with Crippen LogP contribution in [0.2, 0.25) is 0 Å². The fourth-order valence-corrected chi connectivity index (χ4v) is 2.62. The maximum atomic E-state index is 11.3. The molecule has 122 valence electrons. The molecule has 0 bridgehead atoms. The summed E-state index contributed by atoms with van der Waals surface area (Å²) in [5, 5.41) is 9.26. The number of hydrogen-bond acceptors (Lipinski definition) is 5. The Morgan fingerprint density at radius 2 is 2.09 bits per heavy atom. The highest BCUT2D eigenvalue weighted by molar-refractivity contribution is 5.93. The van der Waals surface area contributed by atoms with Gasteiger partial charge in [-0.15, -0.1) is 0 Å². The zero-order chi connectivity index (χ0) is 15.9. The molecule has 2 heterocycles. The highest BCUT2D eigenvalue weighted by atomic mass is 16.5. The molecule has 2 rings (SSSR count). The van der Waals surface area contributed by atoms with Crippen molar-refractivity contribution in [2.45, 2.75) is 19.8 Å². The molecule has 0 aromatic carbocycles. The number of anilines is 1. The van der Waals surface area contributed by atoms with Crippen LogP contribution in [0.4, 0.5) is 5.82 Å². The Morgan fingerprint density at radius 3 is 2.77 bits per heavy atom. The SMILES string of the molecule is Cc1ccc(C(=O)O)c(N(C)CCCCN2CCOCC2)n1. The van der Waals surface area contributed by atoms with E-state index in [4.69, 9.17) is 4.74 Å². The van der Waals surface area contributed by atoms with Gasteiger partial charge in [0.1, 0.15) is 11.4 Å². The monoisotopic (exact) mass is 307 g/mol. The number of carboxylic acids is 1. The fraction of sp³-hybridized carbons (Fsp3) is 0.625. The number of aryl methyl sites for hydroxylation is 1. The van der Waals surface area contributed by atoms with Gasteiger partial charge in [0.05, 0.1) is 13.2 Å². The summed E-state index contributed by atoms with van der Waals surface area (Å²) in [6, 6.07) is 3.36.